The SMILES string of the molecule is CCCCNC(=O)n1c(N(C)C(=O)O)nc2cc(S(=O)c3ccccc3)ccc21. The summed E-state index contributed by atoms with van der Waals surface area (Å²) in [5, 5.41) is 12.1. The second kappa shape index (κ2) is 8.87. The van der Waals surface area contributed by atoms with Crippen LogP contribution in [0.1, 0.15) is 19.8 Å². The lowest BCUT2D eigenvalue weighted by molar-refractivity contribution is 0.203. The molecule has 2 aromatic carbocycles. The predicted octanol–water partition coefficient (Wildman–Crippen LogP) is 3.68. The number of fused-ring (bicyclic) bond motifs is 1. The summed E-state index contributed by atoms with van der Waals surface area (Å²) in [6.07, 6.45) is 0.487. The fourth-order valence-corrected chi connectivity index (χ4v) is 3.89. The van der Waals surface area contributed by atoms with Gasteiger partial charge in [0, 0.05) is 23.4 Å². The van der Waals surface area contributed by atoms with E-state index in [0.717, 1.165) is 17.7 Å². The van der Waals surface area contributed by atoms with E-state index in [4.69, 9.17) is 0 Å². The van der Waals surface area contributed by atoms with Crippen LogP contribution >= 0.6 is 0 Å². The summed E-state index contributed by atoms with van der Waals surface area (Å²) in [5.74, 6) is -0.0239. The van der Waals surface area contributed by atoms with Crippen molar-refractivity contribution < 1.29 is 18.9 Å². The van der Waals surface area contributed by atoms with E-state index in [1.807, 2.05) is 13.0 Å². The third-order valence-corrected chi connectivity index (χ3v) is 5.76. The second-order valence-corrected chi connectivity index (χ2v) is 7.89. The van der Waals surface area contributed by atoms with Crippen molar-refractivity contribution in [2.24, 2.45) is 0 Å². The molecule has 2 N–H and O–H groups in total. The molecule has 3 aromatic rings. The van der Waals surface area contributed by atoms with Gasteiger partial charge in [0.25, 0.3) is 0 Å². The van der Waals surface area contributed by atoms with Gasteiger partial charge in [-0.1, -0.05) is 31.5 Å². The number of imidazole rings is 1. The smallest absolute Gasteiger partial charge is 0.413 e. The van der Waals surface area contributed by atoms with Gasteiger partial charge in [-0.15, -0.1) is 0 Å². The molecule has 8 nitrogen and oxygen atoms in total. The lowest BCUT2D eigenvalue weighted by Gasteiger charge is -2.14. The zero-order valence-corrected chi connectivity index (χ0v) is 17.0. The first kappa shape index (κ1) is 20.5. The van der Waals surface area contributed by atoms with E-state index in [0.29, 0.717) is 27.4 Å². The van der Waals surface area contributed by atoms with Crippen LogP contribution in [-0.4, -0.2) is 44.6 Å². The standard InChI is InChI=1S/C20H22N4O4S/c1-3-4-12-21-19(25)24-17-11-10-15(29(28)14-8-6-5-7-9-14)13-16(17)22-18(24)23(2)20(26)27/h5-11,13H,3-4,12H2,1-2H3,(H,21,25)(H,26,27). The molecule has 0 aliphatic rings. The molecule has 9 heteroatoms. The molecule has 1 unspecified atom stereocenters. The summed E-state index contributed by atoms with van der Waals surface area (Å²) in [6.45, 7) is 2.48. The van der Waals surface area contributed by atoms with Gasteiger partial charge in [0.15, 0.2) is 0 Å². The van der Waals surface area contributed by atoms with E-state index in [2.05, 4.69) is 10.3 Å². The van der Waals surface area contributed by atoms with Crippen LogP contribution in [-0.2, 0) is 10.8 Å². The Kier molecular flexibility index (Phi) is 6.28. The van der Waals surface area contributed by atoms with Crippen molar-refractivity contribution >= 4 is 39.9 Å². The van der Waals surface area contributed by atoms with Crippen LogP contribution in [0.25, 0.3) is 11.0 Å². The molecule has 3 rings (SSSR count). The molecule has 1 heterocycles. The van der Waals surface area contributed by atoms with Crippen molar-refractivity contribution in [3.05, 3.63) is 48.5 Å². The third kappa shape index (κ3) is 4.29. The average Bonchev–Trinajstić information content (AvgIpc) is 3.11. The second-order valence-electron chi connectivity index (χ2n) is 6.41. The summed E-state index contributed by atoms with van der Waals surface area (Å²) < 4.78 is 14.1. The molecule has 1 aromatic heterocycles. The van der Waals surface area contributed by atoms with Gasteiger partial charge in [-0.2, -0.15) is 0 Å². The number of benzene rings is 2. The Hall–Kier alpha value is -3.20. The predicted molar refractivity (Wildman–Crippen MR) is 111 cm³/mol. The topological polar surface area (TPSA) is 105 Å². The number of anilines is 1. The van der Waals surface area contributed by atoms with Crippen LogP contribution < -0.4 is 10.2 Å². The number of amides is 2. The molecular formula is C20H22N4O4S. The fourth-order valence-electron chi connectivity index (χ4n) is 2.80. The highest BCUT2D eigenvalue weighted by Gasteiger charge is 2.23. The number of hydrogen-bond acceptors (Lipinski definition) is 4. The van der Waals surface area contributed by atoms with Crippen molar-refractivity contribution in [3.63, 3.8) is 0 Å². The average molecular weight is 414 g/mol. The molecule has 0 saturated heterocycles. The minimum atomic E-state index is -1.42. The highest BCUT2D eigenvalue weighted by Crippen LogP contribution is 2.26. The van der Waals surface area contributed by atoms with Crippen LogP contribution in [0, 0.1) is 0 Å². The molecule has 0 saturated carbocycles. The Bertz CT molecular complexity index is 1070. The molecule has 1 atom stereocenters. The molecule has 0 bridgehead atoms. The van der Waals surface area contributed by atoms with Crippen molar-refractivity contribution in [3.8, 4) is 0 Å². The molecule has 29 heavy (non-hydrogen) atoms. The number of carbonyl (C=O) groups is 2. The molecule has 0 aliphatic heterocycles. The van der Waals surface area contributed by atoms with Crippen LogP contribution in [0.5, 0.6) is 0 Å². The number of unbranched alkanes of at least 4 members (excludes halogenated alkanes) is 1. The van der Waals surface area contributed by atoms with E-state index in [1.54, 1.807) is 42.5 Å². The van der Waals surface area contributed by atoms with Crippen LogP contribution in [0.3, 0.4) is 0 Å². The summed E-state index contributed by atoms with van der Waals surface area (Å²) in [5.41, 5.74) is 0.830. The van der Waals surface area contributed by atoms with E-state index < -0.39 is 22.9 Å². The van der Waals surface area contributed by atoms with Crippen LogP contribution in [0.15, 0.2) is 58.3 Å². The van der Waals surface area contributed by atoms with Crippen molar-refractivity contribution in [1.29, 1.82) is 0 Å². The van der Waals surface area contributed by atoms with Gasteiger partial charge in [0.1, 0.15) is 0 Å². The normalized spacial score (nSPS) is 11.9. The lowest BCUT2D eigenvalue weighted by Crippen LogP contribution is -2.34. The Balaban J connectivity index is 2.06. The van der Waals surface area contributed by atoms with Gasteiger partial charge < -0.3 is 10.4 Å². The van der Waals surface area contributed by atoms with Crippen molar-refractivity contribution in [1.82, 2.24) is 14.9 Å². The number of carboxylic acid groups (broad SMARTS) is 1. The van der Waals surface area contributed by atoms with Crippen LogP contribution in [0.4, 0.5) is 15.5 Å². The molecule has 0 aliphatic carbocycles. The Morgan fingerprint density at radius 1 is 1.17 bits per heavy atom. The van der Waals surface area contributed by atoms with Crippen LogP contribution in [0.2, 0.25) is 0 Å². The minimum absolute atomic E-state index is 0.0239. The van der Waals surface area contributed by atoms with Crippen molar-refractivity contribution in [2.45, 2.75) is 29.6 Å². The number of aromatic nitrogens is 2. The van der Waals surface area contributed by atoms with Crippen molar-refractivity contribution in [2.75, 3.05) is 18.5 Å². The highest BCUT2D eigenvalue weighted by molar-refractivity contribution is 7.85. The Morgan fingerprint density at radius 2 is 1.90 bits per heavy atom. The summed E-state index contributed by atoms with van der Waals surface area (Å²) in [7, 11) is -0.0944. The molecule has 0 spiro atoms. The highest BCUT2D eigenvalue weighted by atomic mass is 32.2. The maximum atomic E-state index is 12.8. The lowest BCUT2D eigenvalue weighted by atomic mass is 10.3. The molecule has 2 amide bonds. The van der Waals surface area contributed by atoms with Gasteiger partial charge in [-0.05, 0) is 36.8 Å². The maximum Gasteiger partial charge on any atom is 0.413 e. The molecule has 152 valence electrons. The molecule has 0 radical (unpaired) electrons. The van der Waals surface area contributed by atoms with E-state index in [1.165, 1.54) is 11.6 Å². The molecular weight excluding hydrogens is 392 g/mol. The summed E-state index contributed by atoms with van der Waals surface area (Å²) in [6, 6.07) is 13.4. The van der Waals surface area contributed by atoms with E-state index in [-0.39, 0.29) is 5.95 Å². The number of hydrogen-bond donors (Lipinski definition) is 2. The monoisotopic (exact) mass is 414 g/mol. The number of nitrogens with zero attached hydrogens (tertiary/aromatic N) is 3. The fraction of sp³-hybridized carbons (Fsp3) is 0.250. The zero-order chi connectivity index (χ0) is 21.0. The van der Waals surface area contributed by atoms with Gasteiger partial charge >= 0.3 is 12.1 Å². The zero-order valence-electron chi connectivity index (χ0n) is 16.2. The van der Waals surface area contributed by atoms with Gasteiger partial charge in [-0.25, -0.2) is 28.2 Å². The summed E-state index contributed by atoms with van der Waals surface area (Å²) >= 11 is 0. The minimum Gasteiger partial charge on any atom is -0.465 e. The number of nitrogens with one attached hydrogen (secondary N) is 1. The van der Waals surface area contributed by atoms with E-state index in [9.17, 15) is 18.9 Å². The van der Waals surface area contributed by atoms with Gasteiger partial charge in [-0.3, -0.25) is 0 Å². The molecule has 0 fully saturated rings. The maximum absolute atomic E-state index is 12.8. The van der Waals surface area contributed by atoms with Gasteiger partial charge in [0.2, 0.25) is 5.95 Å². The quantitative estimate of drug-likeness (QED) is 0.599. The first-order chi connectivity index (χ1) is 13.9. The first-order valence-corrected chi connectivity index (χ1v) is 10.3. The largest absolute Gasteiger partial charge is 0.465 e. The number of carbonyl (C=O) groups excluding carboxylic acids is 1. The van der Waals surface area contributed by atoms with Gasteiger partial charge in [0.05, 0.1) is 21.8 Å². The Morgan fingerprint density at radius 3 is 2.55 bits per heavy atom. The third-order valence-electron chi connectivity index (χ3n) is 4.38. The summed E-state index contributed by atoms with van der Waals surface area (Å²) in [4.78, 5) is 30.6. The number of rotatable bonds is 6. The Labute approximate surface area is 170 Å². The first-order valence-electron chi connectivity index (χ1n) is 9.18. The van der Waals surface area contributed by atoms with E-state index >= 15 is 0 Å².